The minimum atomic E-state index is -0.157. The molecule has 0 fully saturated rings. The molecule has 2 aromatic rings. The molecule has 0 saturated carbocycles. The molecule has 0 saturated heterocycles. The van der Waals surface area contributed by atoms with Gasteiger partial charge in [-0.25, -0.2) is 0 Å². The van der Waals surface area contributed by atoms with Gasteiger partial charge in [-0.15, -0.1) is 0 Å². The van der Waals surface area contributed by atoms with Gasteiger partial charge in [-0.2, -0.15) is 0 Å². The summed E-state index contributed by atoms with van der Waals surface area (Å²) in [5.41, 5.74) is 7.74. The second-order valence-electron chi connectivity index (χ2n) is 4.56. The lowest BCUT2D eigenvalue weighted by Gasteiger charge is -2.17. The van der Waals surface area contributed by atoms with Crippen LogP contribution in [0, 0.1) is 0 Å². The fourth-order valence-electron chi connectivity index (χ4n) is 2.06. The molecule has 2 aromatic carbocycles. The van der Waals surface area contributed by atoms with Crippen molar-refractivity contribution in [3.8, 4) is 5.75 Å². The Hall–Kier alpha value is -2.49. The number of nitrogens with two attached hydrogens (primary N) is 1. The molecule has 20 heavy (non-hydrogen) atoms. The Morgan fingerprint density at radius 3 is 2.65 bits per heavy atom. The number of hydrogen-bond donors (Lipinski definition) is 2. The van der Waals surface area contributed by atoms with Crippen molar-refractivity contribution < 1.29 is 9.53 Å². The van der Waals surface area contributed by atoms with Crippen molar-refractivity contribution in [1.29, 1.82) is 0 Å². The molecule has 0 unspecified atom stereocenters. The molecule has 104 valence electrons. The average Bonchev–Trinajstić information content (AvgIpc) is 2.47. The van der Waals surface area contributed by atoms with Gasteiger partial charge in [-0.1, -0.05) is 24.3 Å². The lowest BCUT2D eigenvalue weighted by molar-refractivity contribution is 0.0939. The van der Waals surface area contributed by atoms with Crippen LogP contribution in [-0.4, -0.2) is 13.0 Å². The molecule has 0 bridgehead atoms. The second-order valence-corrected chi connectivity index (χ2v) is 4.56. The number of para-hydroxylation sites is 1. The van der Waals surface area contributed by atoms with E-state index in [1.54, 1.807) is 31.4 Å². The standard InChI is InChI=1S/C16H18N2O2/c1-11(14-8-3-4-9-15(14)20-2)18-16(19)12-6-5-7-13(17)10-12/h3-11H,17H2,1-2H3,(H,18,19)/t11-/m1/s1. The first-order valence-corrected chi connectivity index (χ1v) is 6.41. The summed E-state index contributed by atoms with van der Waals surface area (Å²) in [5.74, 6) is 0.601. The van der Waals surface area contributed by atoms with Gasteiger partial charge in [0.15, 0.2) is 0 Å². The lowest BCUT2D eigenvalue weighted by Crippen LogP contribution is -2.27. The second kappa shape index (κ2) is 6.10. The summed E-state index contributed by atoms with van der Waals surface area (Å²) in [6.07, 6.45) is 0. The molecule has 0 aliphatic heterocycles. The normalized spacial score (nSPS) is 11.7. The van der Waals surface area contributed by atoms with E-state index in [-0.39, 0.29) is 11.9 Å². The van der Waals surface area contributed by atoms with E-state index in [9.17, 15) is 4.79 Å². The molecule has 0 aromatic heterocycles. The van der Waals surface area contributed by atoms with Gasteiger partial charge in [0.2, 0.25) is 0 Å². The fraction of sp³-hybridized carbons (Fsp3) is 0.188. The maximum atomic E-state index is 12.2. The number of nitrogen functional groups attached to an aromatic ring is 1. The molecule has 4 nitrogen and oxygen atoms in total. The van der Waals surface area contributed by atoms with E-state index in [2.05, 4.69) is 5.32 Å². The van der Waals surface area contributed by atoms with E-state index in [0.717, 1.165) is 11.3 Å². The summed E-state index contributed by atoms with van der Waals surface area (Å²) in [5, 5.41) is 2.94. The molecule has 1 amide bonds. The Morgan fingerprint density at radius 1 is 1.20 bits per heavy atom. The monoisotopic (exact) mass is 270 g/mol. The van der Waals surface area contributed by atoms with E-state index in [1.807, 2.05) is 31.2 Å². The molecule has 0 heterocycles. The van der Waals surface area contributed by atoms with Crippen LogP contribution in [0.4, 0.5) is 5.69 Å². The van der Waals surface area contributed by atoms with E-state index in [0.29, 0.717) is 11.3 Å². The molecule has 0 aliphatic carbocycles. The first-order valence-electron chi connectivity index (χ1n) is 6.41. The number of rotatable bonds is 4. The van der Waals surface area contributed by atoms with Crippen LogP contribution in [0.5, 0.6) is 5.75 Å². The molecule has 0 radical (unpaired) electrons. The van der Waals surface area contributed by atoms with Crippen molar-refractivity contribution in [2.24, 2.45) is 0 Å². The predicted octanol–water partition coefficient (Wildman–Crippen LogP) is 2.77. The van der Waals surface area contributed by atoms with Crippen molar-refractivity contribution >= 4 is 11.6 Å². The molecule has 0 aliphatic rings. The van der Waals surface area contributed by atoms with Crippen LogP contribution in [0.1, 0.15) is 28.9 Å². The summed E-state index contributed by atoms with van der Waals surface area (Å²) in [6.45, 7) is 1.92. The van der Waals surface area contributed by atoms with Crippen molar-refractivity contribution in [3.05, 3.63) is 59.7 Å². The molecule has 1 atom stereocenters. The van der Waals surface area contributed by atoms with Gasteiger partial charge in [0.1, 0.15) is 5.75 Å². The number of methoxy groups -OCH3 is 1. The summed E-state index contributed by atoms with van der Waals surface area (Å²) in [6, 6.07) is 14.4. The summed E-state index contributed by atoms with van der Waals surface area (Å²) < 4.78 is 5.30. The highest BCUT2D eigenvalue weighted by Crippen LogP contribution is 2.24. The first kappa shape index (κ1) is 13.9. The number of hydrogen-bond acceptors (Lipinski definition) is 3. The van der Waals surface area contributed by atoms with Crippen molar-refractivity contribution in [1.82, 2.24) is 5.32 Å². The quantitative estimate of drug-likeness (QED) is 0.840. The van der Waals surface area contributed by atoms with Crippen LogP contribution in [0.3, 0.4) is 0 Å². The Bertz CT molecular complexity index is 611. The van der Waals surface area contributed by atoms with E-state index >= 15 is 0 Å². The van der Waals surface area contributed by atoms with Crippen LogP contribution >= 0.6 is 0 Å². The third kappa shape index (κ3) is 3.09. The van der Waals surface area contributed by atoms with Gasteiger partial charge < -0.3 is 15.8 Å². The van der Waals surface area contributed by atoms with Crippen LogP contribution in [0.2, 0.25) is 0 Å². The highest BCUT2D eigenvalue weighted by molar-refractivity contribution is 5.95. The Morgan fingerprint density at radius 2 is 1.95 bits per heavy atom. The summed E-state index contributed by atoms with van der Waals surface area (Å²) in [4.78, 5) is 12.2. The highest BCUT2D eigenvalue weighted by Gasteiger charge is 2.14. The average molecular weight is 270 g/mol. The van der Waals surface area contributed by atoms with E-state index < -0.39 is 0 Å². The Balaban J connectivity index is 2.15. The van der Waals surface area contributed by atoms with Gasteiger partial charge in [-0.3, -0.25) is 4.79 Å². The van der Waals surface area contributed by atoms with Gasteiger partial charge in [-0.05, 0) is 31.2 Å². The number of carbonyl (C=O) groups excluding carboxylic acids is 1. The van der Waals surface area contributed by atoms with Gasteiger partial charge >= 0.3 is 0 Å². The largest absolute Gasteiger partial charge is 0.496 e. The molecular formula is C16H18N2O2. The van der Waals surface area contributed by atoms with Crippen molar-refractivity contribution in [2.45, 2.75) is 13.0 Å². The number of ether oxygens (including phenoxy) is 1. The molecule has 0 spiro atoms. The highest BCUT2D eigenvalue weighted by atomic mass is 16.5. The third-order valence-electron chi connectivity index (χ3n) is 3.10. The zero-order valence-corrected chi connectivity index (χ0v) is 11.6. The van der Waals surface area contributed by atoms with Gasteiger partial charge in [0, 0.05) is 16.8 Å². The number of anilines is 1. The minimum Gasteiger partial charge on any atom is -0.496 e. The van der Waals surface area contributed by atoms with Crippen LogP contribution < -0.4 is 15.8 Å². The van der Waals surface area contributed by atoms with Crippen molar-refractivity contribution in [3.63, 3.8) is 0 Å². The third-order valence-corrected chi connectivity index (χ3v) is 3.10. The van der Waals surface area contributed by atoms with E-state index in [4.69, 9.17) is 10.5 Å². The summed E-state index contributed by atoms with van der Waals surface area (Å²) >= 11 is 0. The van der Waals surface area contributed by atoms with E-state index in [1.165, 1.54) is 0 Å². The number of carbonyl (C=O) groups is 1. The predicted molar refractivity (Wildman–Crippen MR) is 79.7 cm³/mol. The Labute approximate surface area is 118 Å². The number of amides is 1. The number of benzene rings is 2. The molecule has 2 rings (SSSR count). The van der Waals surface area contributed by atoms with Gasteiger partial charge in [0.25, 0.3) is 5.91 Å². The Kier molecular flexibility index (Phi) is 4.25. The topological polar surface area (TPSA) is 64.3 Å². The molecule has 3 N–H and O–H groups in total. The number of nitrogens with one attached hydrogen (secondary N) is 1. The maximum Gasteiger partial charge on any atom is 0.251 e. The minimum absolute atomic E-state index is 0.153. The first-order chi connectivity index (χ1) is 9.61. The fourth-order valence-corrected chi connectivity index (χ4v) is 2.06. The van der Waals surface area contributed by atoms with Gasteiger partial charge in [0.05, 0.1) is 13.2 Å². The van der Waals surface area contributed by atoms with Crippen molar-refractivity contribution in [2.75, 3.05) is 12.8 Å². The molecular weight excluding hydrogens is 252 g/mol. The zero-order chi connectivity index (χ0) is 14.5. The van der Waals surface area contributed by atoms with Crippen LogP contribution in [-0.2, 0) is 0 Å². The maximum absolute atomic E-state index is 12.2. The van der Waals surface area contributed by atoms with Crippen LogP contribution in [0.15, 0.2) is 48.5 Å². The SMILES string of the molecule is COc1ccccc1[C@@H](C)NC(=O)c1cccc(N)c1. The van der Waals surface area contributed by atoms with Crippen LogP contribution in [0.25, 0.3) is 0 Å². The smallest absolute Gasteiger partial charge is 0.251 e. The lowest BCUT2D eigenvalue weighted by atomic mass is 10.1. The summed E-state index contributed by atoms with van der Waals surface area (Å²) in [7, 11) is 1.62. The molecule has 4 heteroatoms. The zero-order valence-electron chi connectivity index (χ0n) is 11.6.